The van der Waals surface area contributed by atoms with Gasteiger partial charge in [-0.05, 0) is 67.9 Å². The van der Waals surface area contributed by atoms with E-state index in [0.29, 0.717) is 17.9 Å². The van der Waals surface area contributed by atoms with Crippen molar-refractivity contribution in [2.24, 2.45) is 23.7 Å². The zero-order chi connectivity index (χ0) is 18.1. The second kappa shape index (κ2) is 6.08. The number of carbonyl (C=O) groups is 1. The Balaban J connectivity index is 1.32. The smallest absolute Gasteiger partial charge is 0.262 e. The molecule has 1 atom stereocenters. The molecule has 4 aliphatic carbocycles. The highest BCUT2D eigenvalue weighted by Crippen LogP contribution is 2.57. The van der Waals surface area contributed by atoms with Crippen molar-refractivity contribution in [2.75, 3.05) is 0 Å². The van der Waals surface area contributed by atoms with Gasteiger partial charge in [0.15, 0.2) is 0 Å². The standard InChI is InChI=1S/C22H24N2OS2/c25-21-19(10-16-11-23-18-4-2-1-3-17(16)18)27-22(26)24(21)20-14-6-12-5-13(8-14)9-15(20)7-12/h1-4,10-15,20,22-23,26H,5-9H2/b19-10-. The largest absolute Gasteiger partial charge is 0.361 e. The first kappa shape index (κ1) is 16.6. The number of hydrogen-bond acceptors (Lipinski definition) is 3. The van der Waals surface area contributed by atoms with E-state index in [2.05, 4.69) is 28.1 Å². The van der Waals surface area contributed by atoms with Crippen molar-refractivity contribution < 1.29 is 4.79 Å². The summed E-state index contributed by atoms with van der Waals surface area (Å²) in [6, 6.07) is 8.67. The summed E-state index contributed by atoms with van der Waals surface area (Å²) in [6.07, 6.45) is 10.8. The quantitative estimate of drug-likeness (QED) is 0.546. The molecular weight excluding hydrogens is 372 g/mol. The number of H-pyrrole nitrogens is 1. The minimum absolute atomic E-state index is 0.0449. The molecular formula is C22H24N2OS2. The van der Waals surface area contributed by atoms with Gasteiger partial charge >= 0.3 is 0 Å². The second-order valence-electron chi connectivity index (χ2n) is 8.88. The molecule has 3 nitrogen and oxygen atoms in total. The number of fused-ring (bicyclic) bond motifs is 1. The predicted molar refractivity (Wildman–Crippen MR) is 114 cm³/mol. The molecule has 1 aromatic carbocycles. The molecule has 7 rings (SSSR count). The van der Waals surface area contributed by atoms with Crippen LogP contribution in [0.3, 0.4) is 0 Å². The summed E-state index contributed by atoms with van der Waals surface area (Å²) in [6.45, 7) is 0. The number of nitrogens with zero attached hydrogens (tertiary/aromatic N) is 1. The number of thiol groups is 1. The maximum Gasteiger partial charge on any atom is 0.262 e. The summed E-state index contributed by atoms with van der Waals surface area (Å²) in [5, 5.41) is 1.17. The van der Waals surface area contributed by atoms with E-state index in [1.54, 1.807) is 11.8 Å². The number of hydrogen-bond donors (Lipinski definition) is 2. The number of aromatic nitrogens is 1. The van der Waals surface area contributed by atoms with Crippen LogP contribution in [0.4, 0.5) is 0 Å². The molecule has 5 heteroatoms. The third-order valence-electron chi connectivity index (χ3n) is 7.32. The molecule has 5 fully saturated rings. The lowest BCUT2D eigenvalue weighted by atomic mass is 9.54. The van der Waals surface area contributed by atoms with Crippen LogP contribution in [0.1, 0.15) is 37.7 Å². The highest BCUT2D eigenvalue weighted by molar-refractivity contribution is 8.14. The zero-order valence-corrected chi connectivity index (χ0v) is 16.9. The van der Waals surface area contributed by atoms with E-state index in [9.17, 15) is 4.79 Å². The zero-order valence-electron chi connectivity index (χ0n) is 15.2. The summed E-state index contributed by atoms with van der Waals surface area (Å²) in [7, 11) is 0. The van der Waals surface area contributed by atoms with E-state index in [1.165, 1.54) is 37.5 Å². The van der Waals surface area contributed by atoms with Crippen LogP contribution in [-0.4, -0.2) is 26.5 Å². The molecule has 0 radical (unpaired) electrons. The van der Waals surface area contributed by atoms with E-state index < -0.39 is 0 Å². The summed E-state index contributed by atoms with van der Waals surface area (Å²) < 4.78 is -0.0449. The fourth-order valence-corrected chi connectivity index (χ4v) is 8.11. The Hall–Kier alpha value is -1.33. The third kappa shape index (κ3) is 2.54. The summed E-state index contributed by atoms with van der Waals surface area (Å²) >= 11 is 6.46. The SMILES string of the molecule is O=C1/C(=C/c2c[nH]c3ccccc23)SC(S)N1C1C2CC3CC(C2)CC1C3. The molecule has 1 unspecified atom stereocenters. The first-order valence-corrected chi connectivity index (χ1v) is 11.5. The van der Waals surface area contributed by atoms with Crippen molar-refractivity contribution in [3.05, 3.63) is 40.9 Å². The number of para-hydroxylation sites is 1. The average molecular weight is 397 g/mol. The summed E-state index contributed by atoms with van der Waals surface area (Å²) in [4.78, 5) is 19.7. The van der Waals surface area contributed by atoms with E-state index in [-0.39, 0.29) is 10.6 Å². The topological polar surface area (TPSA) is 36.1 Å². The molecule has 1 aliphatic heterocycles. The minimum Gasteiger partial charge on any atom is -0.361 e. The summed E-state index contributed by atoms with van der Waals surface area (Å²) in [5.41, 5.74) is 2.20. The first-order chi connectivity index (χ1) is 13.2. The Labute approximate surface area is 169 Å². The molecule has 140 valence electrons. The molecule has 4 saturated carbocycles. The molecule has 4 bridgehead atoms. The Kier molecular flexibility index (Phi) is 3.74. The molecule has 27 heavy (non-hydrogen) atoms. The third-order valence-corrected chi connectivity index (χ3v) is 8.87. The van der Waals surface area contributed by atoms with E-state index in [1.807, 2.05) is 18.3 Å². The number of rotatable bonds is 2. The van der Waals surface area contributed by atoms with Gasteiger partial charge in [0.1, 0.15) is 4.71 Å². The van der Waals surface area contributed by atoms with E-state index in [0.717, 1.165) is 27.8 Å². The van der Waals surface area contributed by atoms with E-state index in [4.69, 9.17) is 12.6 Å². The molecule has 2 aromatic rings. The van der Waals surface area contributed by atoms with Gasteiger partial charge in [0.2, 0.25) is 0 Å². The van der Waals surface area contributed by atoms with Gasteiger partial charge in [0, 0.05) is 28.7 Å². The maximum atomic E-state index is 13.4. The minimum atomic E-state index is -0.0449. The lowest BCUT2D eigenvalue weighted by molar-refractivity contribution is -0.136. The van der Waals surface area contributed by atoms with Crippen LogP contribution < -0.4 is 0 Å². The highest BCUT2D eigenvalue weighted by atomic mass is 32.2. The van der Waals surface area contributed by atoms with Crippen LogP contribution in [0.5, 0.6) is 0 Å². The van der Waals surface area contributed by atoms with Gasteiger partial charge < -0.3 is 9.88 Å². The number of aromatic amines is 1. The Morgan fingerprint density at radius 3 is 2.52 bits per heavy atom. The predicted octanol–water partition coefficient (Wildman–Crippen LogP) is 5.12. The van der Waals surface area contributed by atoms with Gasteiger partial charge in [0.05, 0.1) is 4.91 Å². The summed E-state index contributed by atoms with van der Waals surface area (Å²) in [5.74, 6) is 3.45. The van der Waals surface area contributed by atoms with Gasteiger partial charge in [-0.2, -0.15) is 0 Å². The highest BCUT2D eigenvalue weighted by Gasteiger charge is 2.53. The Morgan fingerprint density at radius 2 is 1.78 bits per heavy atom. The van der Waals surface area contributed by atoms with Crippen molar-refractivity contribution in [1.82, 2.24) is 9.88 Å². The van der Waals surface area contributed by atoms with Gasteiger partial charge in [-0.15, -0.1) is 12.6 Å². The number of benzene rings is 1. The van der Waals surface area contributed by atoms with Crippen molar-refractivity contribution in [3.8, 4) is 0 Å². The Bertz CT molecular complexity index is 921. The van der Waals surface area contributed by atoms with Crippen molar-refractivity contribution in [3.63, 3.8) is 0 Å². The van der Waals surface area contributed by atoms with Gasteiger partial charge in [-0.25, -0.2) is 0 Å². The Morgan fingerprint density at radius 1 is 1.07 bits per heavy atom. The van der Waals surface area contributed by atoms with Crippen LogP contribution in [0.2, 0.25) is 0 Å². The van der Waals surface area contributed by atoms with Crippen LogP contribution in [-0.2, 0) is 4.79 Å². The number of nitrogens with one attached hydrogen (secondary N) is 1. The first-order valence-electron chi connectivity index (χ1n) is 10.1. The second-order valence-corrected chi connectivity index (χ2v) is 10.8. The van der Waals surface area contributed by atoms with Crippen molar-refractivity contribution in [2.45, 2.75) is 42.9 Å². The van der Waals surface area contributed by atoms with Gasteiger partial charge in [-0.1, -0.05) is 30.0 Å². The van der Waals surface area contributed by atoms with Crippen molar-refractivity contribution >= 4 is 47.3 Å². The number of thioether (sulfide) groups is 1. The lowest BCUT2D eigenvalue weighted by Gasteiger charge is -2.56. The van der Waals surface area contributed by atoms with Crippen molar-refractivity contribution in [1.29, 1.82) is 0 Å². The monoisotopic (exact) mass is 396 g/mol. The number of amides is 1. The fraction of sp³-hybridized carbons (Fsp3) is 0.500. The maximum absolute atomic E-state index is 13.4. The average Bonchev–Trinajstić information content (AvgIpc) is 3.17. The molecule has 5 aliphatic rings. The molecule has 1 aromatic heterocycles. The van der Waals surface area contributed by atoms with E-state index >= 15 is 0 Å². The normalized spacial score (nSPS) is 39.2. The lowest BCUT2D eigenvalue weighted by Crippen LogP contribution is -2.57. The van der Waals surface area contributed by atoms with Gasteiger partial charge in [0.25, 0.3) is 5.91 Å². The molecule has 2 heterocycles. The molecule has 1 N–H and O–H groups in total. The van der Waals surface area contributed by atoms with Crippen LogP contribution >= 0.6 is 24.4 Å². The van der Waals surface area contributed by atoms with Gasteiger partial charge in [-0.3, -0.25) is 4.79 Å². The molecule has 1 amide bonds. The number of carbonyl (C=O) groups excluding carboxylic acids is 1. The molecule has 0 spiro atoms. The van der Waals surface area contributed by atoms with Crippen LogP contribution in [0.15, 0.2) is 35.4 Å². The molecule has 1 saturated heterocycles. The van der Waals surface area contributed by atoms with Crippen LogP contribution in [0, 0.1) is 23.7 Å². The van der Waals surface area contributed by atoms with Crippen LogP contribution in [0.25, 0.3) is 17.0 Å². The fourth-order valence-electron chi connectivity index (χ4n) is 6.53.